The van der Waals surface area contributed by atoms with Gasteiger partial charge < -0.3 is 10.4 Å². The molecule has 126 valence electrons. The van der Waals surface area contributed by atoms with E-state index in [0.717, 1.165) is 5.56 Å². The maximum absolute atomic E-state index is 12.3. The van der Waals surface area contributed by atoms with Crippen molar-refractivity contribution in [3.05, 3.63) is 34.9 Å². The first-order chi connectivity index (χ1) is 10.9. The molecular formula is C17H25N3O3. The van der Waals surface area contributed by atoms with Gasteiger partial charge in [-0.3, -0.25) is 4.79 Å². The molecule has 1 amide bonds. The van der Waals surface area contributed by atoms with Gasteiger partial charge in [0, 0.05) is 6.04 Å². The Balaban J connectivity index is 1.99. The van der Waals surface area contributed by atoms with Crippen LogP contribution in [0, 0.1) is 13.8 Å². The SMILES string of the molecule is CCCC(NC(=O)C1CC(c2ccc(C)cc2C)NN1)C(=O)O. The zero-order valence-corrected chi connectivity index (χ0v) is 13.8. The minimum Gasteiger partial charge on any atom is -0.480 e. The Bertz CT molecular complexity index is 588. The number of nitrogens with one attached hydrogen (secondary N) is 3. The average molecular weight is 319 g/mol. The Morgan fingerprint density at radius 2 is 2.09 bits per heavy atom. The van der Waals surface area contributed by atoms with E-state index < -0.39 is 18.1 Å². The van der Waals surface area contributed by atoms with E-state index in [0.29, 0.717) is 19.3 Å². The van der Waals surface area contributed by atoms with Gasteiger partial charge in [-0.05, 0) is 37.8 Å². The highest BCUT2D eigenvalue weighted by Crippen LogP contribution is 2.25. The van der Waals surface area contributed by atoms with E-state index in [1.54, 1.807) is 0 Å². The summed E-state index contributed by atoms with van der Waals surface area (Å²) in [7, 11) is 0. The number of carbonyl (C=O) groups excluding carboxylic acids is 1. The molecule has 1 fully saturated rings. The lowest BCUT2D eigenvalue weighted by Crippen LogP contribution is -2.49. The number of hydrazine groups is 1. The third-order valence-electron chi connectivity index (χ3n) is 4.21. The molecule has 1 aromatic rings. The van der Waals surface area contributed by atoms with Crippen molar-refractivity contribution < 1.29 is 14.7 Å². The topological polar surface area (TPSA) is 90.5 Å². The van der Waals surface area contributed by atoms with Crippen molar-refractivity contribution in [1.82, 2.24) is 16.2 Å². The van der Waals surface area contributed by atoms with Crippen molar-refractivity contribution in [1.29, 1.82) is 0 Å². The van der Waals surface area contributed by atoms with Gasteiger partial charge in [0.05, 0.1) is 0 Å². The van der Waals surface area contributed by atoms with Crippen LogP contribution >= 0.6 is 0 Å². The van der Waals surface area contributed by atoms with Crippen molar-refractivity contribution in [2.24, 2.45) is 0 Å². The van der Waals surface area contributed by atoms with Gasteiger partial charge in [-0.25, -0.2) is 15.6 Å². The van der Waals surface area contributed by atoms with Gasteiger partial charge in [0.2, 0.25) is 5.91 Å². The van der Waals surface area contributed by atoms with Gasteiger partial charge in [0.1, 0.15) is 12.1 Å². The van der Waals surface area contributed by atoms with Crippen LogP contribution in [0.3, 0.4) is 0 Å². The summed E-state index contributed by atoms with van der Waals surface area (Å²) in [6, 6.07) is 5.03. The number of amides is 1. The fourth-order valence-electron chi connectivity index (χ4n) is 2.97. The Morgan fingerprint density at radius 3 is 2.70 bits per heavy atom. The zero-order chi connectivity index (χ0) is 17.0. The number of hydrogen-bond donors (Lipinski definition) is 4. The van der Waals surface area contributed by atoms with E-state index in [1.807, 2.05) is 13.8 Å². The normalized spacial score (nSPS) is 21.9. The summed E-state index contributed by atoms with van der Waals surface area (Å²) < 4.78 is 0. The minimum atomic E-state index is -0.989. The lowest BCUT2D eigenvalue weighted by atomic mass is 9.96. The number of rotatable bonds is 6. The summed E-state index contributed by atoms with van der Waals surface area (Å²) in [4.78, 5) is 23.4. The fourth-order valence-corrected chi connectivity index (χ4v) is 2.97. The van der Waals surface area contributed by atoms with E-state index in [9.17, 15) is 9.59 Å². The molecule has 1 aromatic carbocycles. The van der Waals surface area contributed by atoms with Gasteiger partial charge in [0.25, 0.3) is 0 Å². The smallest absolute Gasteiger partial charge is 0.326 e. The largest absolute Gasteiger partial charge is 0.480 e. The standard InChI is InChI=1S/C17H25N3O3/c1-4-5-13(17(22)23)18-16(21)15-9-14(19-20-15)12-7-6-10(2)8-11(12)3/h6-8,13-15,19-20H,4-5,9H2,1-3H3,(H,18,21)(H,22,23). The molecule has 6 nitrogen and oxygen atoms in total. The van der Waals surface area contributed by atoms with Crippen LogP contribution in [0.4, 0.5) is 0 Å². The van der Waals surface area contributed by atoms with E-state index in [-0.39, 0.29) is 11.9 Å². The molecule has 3 atom stereocenters. The monoisotopic (exact) mass is 319 g/mol. The highest BCUT2D eigenvalue weighted by molar-refractivity contribution is 5.87. The van der Waals surface area contributed by atoms with Crippen molar-refractivity contribution in [2.75, 3.05) is 0 Å². The lowest BCUT2D eigenvalue weighted by Gasteiger charge is -2.16. The number of carboxylic acid groups (broad SMARTS) is 1. The molecule has 2 rings (SSSR count). The van der Waals surface area contributed by atoms with Crippen molar-refractivity contribution in [3.8, 4) is 0 Å². The molecule has 6 heteroatoms. The van der Waals surface area contributed by atoms with Gasteiger partial charge in [-0.1, -0.05) is 37.1 Å². The summed E-state index contributed by atoms with van der Waals surface area (Å²) in [5.41, 5.74) is 9.66. The first-order valence-corrected chi connectivity index (χ1v) is 8.03. The molecule has 0 radical (unpaired) electrons. The van der Waals surface area contributed by atoms with Crippen LogP contribution in [0.25, 0.3) is 0 Å². The first kappa shape index (κ1) is 17.4. The predicted octanol–water partition coefficient (Wildman–Crippen LogP) is 1.58. The Morgan fingerprint density at radius 1 is 1.35 bits per heavy atom. The van der Waals surface area contributed by atoms with Gasteiger partial charge in [-0.15, -0.1) is 0 Å². The highest BCUT2D eigenvalue weighted by Gasteiger charge is 2.32. The second-order valence-electron chi connectivity index (χ2n) is 6.18. The Labute approximate surface area is 136 Å². The van der Waals surface area contributed by atoms with Crippen molar-refractivity contribution in [2.45, 2.75) is 58.2 Å². The number of aliphatic carboxylic acids is 1. The number of benzene rings is 1. The van der Waals surface area contributed by atoms with Crippen LogP contribution in [-0.2, 0) is 9.59 Å². The predicted molar refractivity (Wildman–Crippen MR) is 87.8 cm³/mol. The van der Waals surface area contributed by atoms with Crippen LogP contribution < -0.4 is 16.2 Å². The van der Waals surface area contributed by atoms with Gasteiger partial charge >= 0.3 is 5.97 Å². The molecular weight excluding hydrogens is 294 g/mol. The Hall–Kier alpha value is -1.92. The zero-order valence-electron chi connectivity index (χ0n) is 13.8. The molecule has 0 aromatic heterocycles. The average Bonchev–Trinajstić information content (AvgIpc) is 2.96. The number of carboxylic acids is 1. The number of hydrogen-bond acceptors (Lipinski definition) is 4. The summed E-state index contributed by atoms with van der Waals surface area (Å²) in [6.45, 7) is 6.00. The molecule has 3 unspecified atom stereocenters. The fraction of sp³-hybridized carbons (Fsp3) is 0.529. The number of aryl methyl sites for hydroxylation is 2. The summed E-state index contributed by atoms with van der Waals surface area (Å²) in [5, 5.41) is 11.8. The van der Waals surface area contributed by atoms with Crippen LogP contribution in [-0.4, -0.2) is 29.1 Å². The Kier molecular flexibility index (Phi) is 5.74. The third kappa shape index (κ3) is 4.30. The van der Waals surface area contributed by atoms with E-state index in [1.165, 1.54) is 11.1 Å². The second-order valence-corrected chi connectivity index (χ2v) is 6.18. The maximum Gasteiger partial charge on any atom is 0.326 e. The van der Waals surface area contributed by atoms with Crippen LogP contribution in [0.2, 0.25) is 0 Å². The second kappa shape index (κ2) is 7.57. The lowest BCUT2D eigenvalue weighted by molar-refractivity contribution is -0.142. The summed E-state index contributed by atoms with van der Waals surface area (Å²) >= 11 is 0. The summed E-state index contributed by atoms with van der Waals surface area (Å²) in [6.07, 6.45) is 1.73. The first-order valence-electron chi connectivity index (χ1n) is 8.03. The maximum atomic E-state index is 12.3. The quantitative estimate of drug-likeness (QED) is 0.639. The third-order valence-corrected chi connectivity index (χ3v) is 4.21. The van der Waals surface area contributed by atoms with Gasteiger partial charge in [0.15, 0.2) is 0 Å². The van der Waals surface area contributed by atoms with Crippen LogP contribution in [0.5, 0.6) is 0 Å². The molecule has 23 heavy (non-hydrogen) atoms. The molecule has 1 aliphatic heterocycles. The molecule has 0 bridgehead atoms. The molecule has 1 heterocycles. The van der Waals surface area contributed by atoms with E-state index in [4.69, 9.17) is 5.11 Å². The van der Waals surface area contributed by atoms with E-state index in [2.05, 4.69) is 41.3 Å². The van der Waals surface area contributed by atoms with Crippen LogP contribution in [0.15, 0.2) is 18.2 Å². The van der Waals surface area contributed by atoms with E-state index >= 15 is 0 Å². The number of carbonyl (C=O) groups is 2. The summed E-state index contributed by atoms with van der Waals surface area (Å²) in [5.74, 6) is -1.26. The highest BCUT2D eigenvalue weighted by atomic mass is 16.4. The van der Waals surface area contributed by atoms with Gasteiger partial charge in [-0.2, -0.15) is 0 Å². The molecule has 1 aliphatic rings. The molecule has 4 N–H and O–H groups in total. The molecule has 0 spiro atoms. The van der Waals surface area contributed by atoms with Crippen molar-refractivity contribution >= 4 is 11.9 Å². The van der Waals surface area contributed by atoms with Crippen LogP contribution in [0.1, 0.15) is 48.9 Å². The molecule has 0 saturated carbocycles. The molecule has 1 saturated heterocycles. The van der Waals surface area contributed by atoms with Crippen molar-refractivity contribution in [3.63, 3.8) is 0 Å². The molecule has 0 aliphatic carbocycles. The minimum absolute atomic E-state index is 0.0424.